The molecule has 6 heteroatoms. The van der Waals surface area contributed by atoms with Crippen LogP contribution in [0.25, 0.3) is 0 Å². The van der Waals surface area contributed by atoms with E-state index in [2.05, 4.69) is 11.6 Å². The van der Waals surface area contributed by atoms with Gasteiger partial charge in [-0.2, -0.15) is 0 Å². The number of hydrogen-bond acceptors (Lipinski definition) is 4. The summed E-state index contributed by atoms with van der Waals surface area (Å²) in [6.07, 6.45) is 2.40. The van der Waals surface area contributed by atoms with E-state index in [-0.39, 0.29) is 10.6 Å². The molecular weight excluding hydrogens is 264 g/mol. The third-order valence-electron chi connectivity index (χ3n) is 3.50. The molecule has 1 atom stereocenters. The molecule has 0 amide bonds. The Morgan fingerprint density at radius 3 is 2.74 bits per heavy atom. The molecule has 1 aliphatic carbocycles. The predicted molar refractivity (Wildman–Crippen MR) is 74.5 cm³/mol. The summed E-state index contributed by atoms with van der Waals surface area (Å²) in [5, 5.41) is 0. The molecule has 0 aromatic heterocycles. The van der Waals surface area contributed by atoms with Crippen molar-refractivity contribution in [3.63, 3.8) is 0 Å². The normalized spacial score (nSPS) is 17.2. The minimum Gasteiger partial charge on any atom is -0.495 e. The van der Waals surface area contributed by atoms with Gasteiger partial charge in [-0.1, -0.05) is 6.92 Å². The Labute approximate surface area is 114 Å². The highest BCUT2D eigenvalue weighted by Gasteiger charge is 2.29. The molecule has 0 heterocycles. The molecule has 0 aliphatic heterocycles. The molecule has 2 rings (SSSR count). The Balaban J connectivity index is 2.14. The van der Waals surface area contributed by atoms with Gasteiger partial charge in [0.15, 0.2) is 0 Å². The van der Waals surface area contributed by atoms with Gasteiger partial charge in [-0.25, -0.2) is 13.1 Å². The van der Waals surface area contributed by atoms with Gasteiger partial charge < -0.3 is 10.5 Å². The van der Waals surface area contributed by atoms with Crippen LogP contribution in [-0.2, 0) is 10.0 Å². The van der Waals surface area contributed by atoms with E-state index in [0.717, 1.165) is 0 Å². The molecule has 0 bridgehead atoms. The molecule has 19 heavy (non-hydrogen) atoms. The Bertz CT molecular complexity index is 553. The van der Waals surface area contributed by atoms with Crippen molar-refractivity contribution < 1.29 is 13.2 Å². The molecule has 0 saturated heterocycles. The van der Waals surface area contributed by atoms with E-state index in [1.807, 2.05) is 0 Å². The summed E-state index contributed by atoms with van der Waals surface area (Å²) in [6, 6.07) is 4.54. The second kappa shape index (κ2) is 5.38. The van der Waals surface area contributed by atoms with Crippen LogP contribution < -0.4 is 15.2 Å². The van der Waals surface area contributed by atoms with Crippen molar-refractivity contribution in [2.24, 2.45) is 11.8 Å². The van der Waals surface area contributed by atoms with Gasteiger partial charge >= 0.3 is 0 Å². The standard InChI is InChI=1S/C13H20N2O3S/c1-9(10-3-4-10)8-15-19(16,17)13-6-5-11(14)7-12(13)18-2/h5-7,9-10,15H,3-4,8,14H2,1-2H3. The first-order chi connectivity index (χ1) is 8.94. The van der Waals surface area contributed by atoms with E-state index in [1.165, 1.54) is 32.1 Å². The van der Waals surface area contributed by atoms with Crippen molar-refractivity contribution >= 4 is 15.7 Å². The molecule has 5 nitrogen and oxygen atoms in total. The smallest absolute Gasteiger partial charge is 0.244 e. The third kappa shape index (κ3) is 3.39. The second-order valence-electron chi connectivity index (χ2n) is 5.08. The average molecular weight is 284 g/mol. The van der Waals surface area contributed by atoms with Crippen LogP contribution >= 0.6 is 0 Å². The largest absolute Gasteiger partial charge is 0.495 e. The summed E-state index contributed by atoms with van der Waals surface area (Å²) < 4.78 is 32.2. The summed E-state index contributed by atoms with van der Waals surface area (Å²) in [6.45, 7) is 2.53. The summed E-state index contributed by atoms with van der Waals surface area (Å²) in [4.78, 5) is 0.132. The second-order valence-corrected chi connectivity index (χ2v) is 6.81. The number of hydrogen-bond donors (Lipinski definition) is 2. The number of nitrogens with one attached hydrogen (secondary N) is 1. The highest BCUT2D eigenvalue weighted by atomic mass is 32.2. The molecule has 1 saturated carbocycles. The number of benzene rings is 1. The Hall–Kier alpha value is -1.27. The van der Waals surface area contributed by atoms with Gasteiger partial charge in [-0.05, 0) is 36.8 Å². The highest BCUT2D eigenvalue weighted by molar-refractivity contribution is 7.89. The van der Waals surface area contributed by atoms with E-state index in [4.69, 9.17) is 10.5 Å². The van der Waals surface area contributed by atoms with Crippen LogP contribution in [0, 0.1) is 11.8 Å². The summed E-state index contributed by atoms with van der Waals surface area (Å²) in [5.41, 5.74) is 6.10. The van der Waals surface area contributed by atoms with Gasteiger partial charge in [0, 0.05) is 18.3 Å². The monoisotopic (exact) mass is 284 g/mol. The number of ether oxygens (including phenoxy) is 1. The van der Waals surface area contributed by atoms with Crippen molar-refractivity contribution in [2.45, 2.75) is 24.7 Å². The number of nitrogen functional groups attached to an aromatic ring is 1. The van der Waals surface area contributed by atoms with Crippen LogP contribution in [0.1, 0.15) is 19.8 Å². The molecule has 0 spiro atoms. The number of nitrogens with two attached hydrogens (primary N) is 1. The van der Waals surface area contributed by atoms with Crippen LogP contribution in [0.15, 0.2) is 23.1 Å². The molecule has 1 unspecified atom stereocenters. The summed E-state index contributed by atoms with van der Waals surface area (Å²) >= 11 is 0. The van der Waals surface area contributed by atoms with Crippen molar-refractivity contribution in [1.82, 2.24) is 4.72 Å². The molecule has 1 fully saturated rings. The van der Waals surface area contributed by atoms with E-state index < -0.39 is 10.0 Å². The fraction of sp³-hybridized carbons (Fsp3) is 0.538. The number of sulfonamides is 1. The summed E-state index contributed by atoms with van der Waals surface area (Å²) in [5.74, 6) is 1.30. The van der Waals surface area contributed by atoms with Crippen molar-refractivity contribution in [2.75, 3.05) is 19.4 Å². The maximum Gasteiger partial charge on any atom is 0.244 e. The minimum atomic E-state index is -3.55. The van der Waals surface area contributed by atoms with Gasteiger partial charge in [-0.3, -0.25) is 0 Å². The van der Waals surface area contributed by atoms with Gasteiger partial charge in [-0.15, -0.1) is 0 Å². The lowest BCUT2D eigenvalue weighted by Gasteiger charge is -2.14. The Kier molecular flexibility index (Phi) is 4.01. The van der Waals surface area contributed by atoms with E-state index >= 15 is 0 Å². The van der Waals surface area contributed by atoms with E-state index in [1.54, 1.807) is 6.07 Å². The molecule has 106 valence electrons. The summed E-state index contributed by atoms with van der Waals surface area (Å²) in [7, 11) is -2.12. The van der Waals surface area contributed by atoms with E-state index in [9.17, 15) is 8.42 Å². The van der Waals surface area contributed by atoms with Gasteiger partial charge in [0.05, 0.1) is 7.11 Å². The van der Waals surface area contributed by atoms with E-state index in [0.29, 0.717) is 24.1 Å². The SMILES string of the molecule is COc1cc(N)ccc1S(=O)(=O)NCC(C)C1CC1. The fourth-order valence-electron chi connectivity index (χ4n) is 2.06. The zero-order chi connectivity index (χ0) is 14.0. The van der Waals surface area contributed by atoms with Crippen LogP contribution in [0.3, 0.4) is 0 Å². The maximum atomic E-state index is 12.2. The van der Waals surface area contributed by atoms with Crippen molar-refractivity contribution in [1.29, 1.82) is 0 Å². The first kappa shape index (κ1) is 14.1. The highest BCUT2D eigenvalue weighted by Crippen LogP contribution is 2.36. The van der Waals surface area contributed by atoms with Crippen molar-refractivity contribution in [3.05, 3.63) is 18.2 Å². The van der Waals surface area contributed by atoms with Crippen LogP contribution in [-0.4, -0.2) is 22.1 Å². The number of anilines is 1. The lowest BCUT2D eigenvalue weighted by Crippen LogP contribution is -2.29. The zero-order valence-electron chi connectivity index (χ0n) is 11.2. The molecule has 1 aromatic carbocycles. The third-order valence-corrected chi connectivity index (χ3v) is 4.96. The lowest BCUT2D eigenvalue weighted by molar-refractivity contribution is 0.402. The first-order valence-electron chi connectivity index (χ1n) is 6.37. The van der Waals surface area contributed by atoms with Crippen molar-refractivity contribution in [3.8, 4) is 5.75 Å². The fourth-order valence-corrected chi connectivity index (χ4v) is 3.35. The molecule has 1 aromatic rings. The zero-order valence-corrected chi connectivity index (χ0v) is 12.0. The van der Waals surface area contributed by atoms with Gasteiger partial charge in [0.1, 0.15) is 10.6 Å². The number of methoxy groups -OCH3 is 1. The lowest BCUT2D eigenvalue weighted by atomic mass is 10.1. The van der Waals surface area contributed by atoms with Crippen LogP contribution in [0.4, 0.5) is 5.69 Å². The maximum absolute atomic E-state index is 12.2. The van der Waals surface area contributed by atoms with Gasteiger partial charge in [0.25, 0.3) is 0 Å². The first-order valence-corrected chi connectivity index (χ1v) is 7.85. The quantitative estimate of drug-likeness (QED) is 0.777. The molecule has 3 N–H and O–H groups in total. The van der Waals surface area contributed by atoms with Crippen LogP contribution in [0.2, 0.25) is 0 Å². The number of rotatable bonds is 6. The van der Waals surface area contributed by atoms with Crippen LogP contribution in [0.5, 0.6) is 5.75 Å². The molecular formula is C13H20N2O3S. The molecule has 1 aliphatic rings. The minimum absolute atomic E-state index is 0.132. The Morgan fingerprint density at radius 2 is 2.16 bits per heavy atom. The Morgan fingerprint density at radius 1 is 1.47 bits per heavy atom. The predicted octanol–water partition coefficient (Wildman–Crippen LogP) is 1.60. The molecule has 0 radical (unpaired) electrons. The van der Waals surface area contributed by atoms with Gasteiger partial charge in [0.2, 0.25) is 10.0 Å². The topological polar surface area (TPSA) is 81.4 Å². The average Bonchev–Trinajstić information content (AvgIpc) is 3.19.